The number of aliphatic imine (C=N–C) groups is 1. The lowest BCUT2D eigenvalue weighted by Gasteiger charge is -2.24. The van der Waals surface area contributed by atoms with Crippen molar-refractivity contribution in [2.45, 2.75) is 88.5 Å². The number of aromatic nitrogens is 1. The van der Waals surface area contributed by atoms with Crippen LogP contribution in [-0.2, 0) is 4.74 Å². The highest BCUT2D eigenvalue weighted by Gasteiger charge is 2.13. The normalized spacial score (nSPS) is 10.2. The Morgan fingerprint density at radius 2 is 1.62 bits per heavy atom. The fraction of sp³-hybridized carbons (Fsp3) is 0.457. The summed E-state index contributed by atoms with van der Waals surface area (Å²) in [5.41, 5.74) is 6.64. The Bertz CT molecular complexity index is 1060. The van der Waals surface area contributed by atoms with E-state index in [4.69, 9.17) is 4.74 Å². The fourth-order valence-corrected chi connectivity index (χ4v) is 3.05. The second-order valence-corrected chi connectivity index (χ2v) is 9.15. The molecule has 5 heteroatoms. The van der Waals surface area contributed by atoms with Crippen LogP contribution in [0.3, 0.4) is 0 Å². The van der Waals surface area contributed by atoms with Gasteiger partial charge in [0.2, 0.25) is 0 Å². The average molecular weight is 550 g/mol. The molecule has 0 saturated carbocycles. The lowest BCUT2D eigenvalue weighted by atomic mass is 10.1. The number of ketones is 1. The molecule has 1 aromatic carbocycles. The van der Waals surface area contributed by atoms with Crippen LogP contribution in [0.5, 0.6) is 0 Å². The molecule has 1 heterocycles. The third-order valence-corrected chi connectivity index (χ3v) is 5.18. The molecule has 0 amide bonds. The number of hydrogen-bond donors (Lipinski definition) is 0. The van der Waals surface area contributed by atoms with Gasteiger partial charge < -0.3 is 9.64 Å². The predicted octanol–water partition coefficient (Wildman–Crippen LogP) is 9.89. The fourth-order valence-electron chi connectivity index (χ4n) is 3.05. The Morgan fingerprint density at radius 3 is 2.12 bits per heavy atom. The Kier molecular flexibility index (Phi) is 24.0. The number of allylic oxidation sites excluding steroid dienone is 2. The van der Waals surface area contributed by atoms with E-state index in [1.807, 2.05) is 89.2 Å². The second kappa shape index (κ2) is 24.7. The van der Waals surface area contributed by atoms with E-state index < -0.39 is 0 Å². The van der Waals surface area contributed by atoms with E-state index in [1.165, 1.54) is 5.56 Å². The van der Waals surface area contributed by atoms with E-state index in [0.717, 1.165) is 60.8 Å². The van der Waals surface area contributed by atoms with Gasteiger partial charge in [0.25, 0.3) is 0 Å². The number of carbonyl (C=O) groups excluding carboxylic acids is 1. The summed E-state index contributed by atoms with van der Waals surface area (Å²) >= 11 is 0. The van der Waals surface area contributed by atoms with Gasteiger partial charge in [0.15, 0.2) is 5.78 Å². The minimum atomic E-state index is 0.0457. The van der Waals surface area contributed by atoms with Gasteiger partial charge in [0.1, 0.15) is 0 Å². The molecule has 0 atom stereocenters. The first-order valence-corrected chi connectivity index (χ1v) is 14.5. The lowest BCUT2D eigenvalue weighted by molar-refractivity contribution is 0.101. The van der Waals surface area contributed by atoms with Crippen molar-refractivity contribution in [3.8, 4) is 0 Å². The van der Waals surface area contributed by atoms with Crippen molar-refractivity contribution in [2.75, 3.05) is 25.2 Å². The second-order valence-electron chi connectivity index (χ2n) is 9.15. The molecule has 0 bridgehead atoms. The third-order valence-electron chi connectivity index (χ3n) is 5.18. The predicted molar refractivity (Wildman–Crippen MR) is 178 cm³/mol. The van der Waals surface area contributed by atoms with Gasteiger partial charge in [-0.05, 0) is 95.4 Å². The SMILES string of the molecule is C=C(/C(C)=C\N=C(C)C)N(C)c1ccccc1C(C)=O.CC.CC/C=C/c1cc(C)ccn1.CCCOCCC. The summed E-state index contributed by atoms with van der Waals surface area (Å²) in [6, 6.07) is 11.6. The van der Waals surface area contributed by atoms with Gasteiger partial charge in [0, 0.05) is 49.6 Å². The van der Waals surface area contributed by atoms with E-state index in [9.17, 15) is 4.79 Å². The van der Waals surface area contributed by atoms with Crippen molar-refractivity contribution in [3.63, 3.8) is 0 Å². The first-order chi connectivity index (χ1) is 19.1. The van der Waals surface area contributed by atoms with Gasteiger partial charge in [-0.15, -0.1) is 0 Å². The van der Waals surface area contributed by atoms with Crippen molar-refractivity contribution >= 4 is 23.3 Å². The number of carbonyl (C=O) groups is 1. The molecule has 5 nitrogen and oxygen atoms in total. The maximum atomic E-state index is 11.7. The van der Waals surface area contributed by atoms with Crippen LogP contribution in [0.15, 0.2) is 77.7 Å². The maximum Gasteiger partial charge on any atom is 0.161 e. The number of ether oxygens (including phenoxy) is 1. The minimum absolute atomic E-state index is 0.0457. The largest absolute Gasteiger partial charge is 0.381 e. The van der Waals surface area contributed by atoms with Gasteiger partial charge >= 0.3 is 0 Å². The number of rotatable bonds is 11. The molecular weight excluding hydrogens is 494 g/mol. The van der Waals surface area contributed by atoms with Crippen molar-refractivity contribution in [3.05, 3.63) is 89.5 Å². The summed E-state index contributed by atoms with van der Waals surface area (Å²) in [4.78, 5) is 22.1. The number of benzene rings is 1. The summed E-state index contributed by atoms with van der Waals surface area (Å²) in [5, 5.41) is 0. The van der Waals surface area contributed by atoms with Crippen LogP contribution in [0.1, 0.15) is 103 Å². The molecular formula is C35H55N3O2. The smallest absolute Gasteiger partial charge is 0.161 e. The van der Waals surface area contributed by atoms with Gasteiger partial charge in [-0.3, -0.25) is 14.8 Å². The number of Topliss-reactive ketones (excluding diaryl/α,β-unsaturated/α-hetero) is 1. The molecule has 0 aliphatic carbocycles. The number of likely N-dealkylation sites (N-methyl/N-ethyl adjacent to an activating group) is 1. The van der Waals surface area contributed by atoms with Crippen molar-refractivity contribution in [1.29, 1.82) is 0 Å². The zero-order valence-electron chi connectivity index (χ0n) is 27.2. The van der Waals surface area contributed by atoms with E-state index in [1.54, 1.807) is 13.1 Å². The molecule has 0 saturated heterocycles. The molecule has 222 valence electrons. The first-order valence-electron chi connectivity index (χ1n) is 14.5. The summed E-state index contributed by atoms with van der Waals surface area (Å²) in [7, 11) is 1.91. The quantitative estimate of drug-likeness (QED) is 0.121. The van der Waals surface area contributed by atoms with Gasteiger partial charge in [-0.1, -0.05) is 59.4 Å². The highest BCUT2D eigenvalue weighted by Crippen LogP contribution is 2.25. The maximum absolute atomic E-state index is 11.7. The molecule has 0 unspecified atom stereocenters. The van der Waals surface area contributed by atoms with Gasteiger partial charge in [-0.25, -0.2) is 0 Å². The zero-order chi connectivity index (χ0) is 30.9. The van der Waals surface area contributed by atoms with Gasteiger partial charge in [0.05, 0.1) is 11.4 Å². The minimum Gasteiger partial charge on any atom is -0.381 e. The molecule has 1 aromatic heterocycles. The average Bonchev–Trinajstić information content (AvgIpc) is 2.96. The monoisotopic (exact) mass is 549 g/mol. The highest BCUT2D eigenvalue weighted by atomic mass is 16.5. The molecule has 0 spiro atoms. The Hall–Kier alpha value is -3.31. The first kappa shape index (κ1) is 38.8. The third kappa shape index (κ3) is 18.1. The topological polar surface area (TPSA) is 54.8 Å². The van der Waals surface area contributed by atoms with Crippen LogP contribution in [0.4, 0.5) is 5.69 Å². The van der Waals surface area contributed by atoms with E-state index >= 15 is 0 Å². The number of nitrogens with zero attached hydrogens (tertiary/aromatic N) is 3. The standard InChI is InChI=1S/C17H22N2O.C10H13N.C6H14O.C2H6/c1-12(2)18-11-13(3)14(4)19(6)17-10-8-7-9-16(17)15(5)20;1-3-4-5-10-8-9(2)6-7-11-10;1-3-5-7-6-4-2;1-2/h7-11H,4H2,1-3,5-6H3;4-8H,3H2,1-2H3;3-6H2,1-2H3;1-2H3/b13-11-;5-4+;;. The van der Waals surface area contributed by atoms with Crippen LogP contribution in [0.25, 0.3) is 6.08 Å². The molecule has 0 aliphatic heterocycles. The number of hydrogen-bond acceptors (Lipinski definition) is 5. The van der Waals surface area contributed by atoms with Gasteiger partial charge in [-0.2, -0.15) is 0 Å². The Labute approximate surface area is 245 Å². The molecule has 2 aromatic rings. The van der Waals surface area contributed by atoms with E-state index in [2.05, 4.69) is 56.4 Å². The lowest BCUT2D eigenvalue weighted by Crippen LogP contribution is -2.18. The molecule has 0 radical (unpaired) electrons. The van der Waals surface area contributed by atoms with Crippen LogP contribution >= 0.6 is 0 Å². The van der Waals surface area contributed by atoms with Crippen LogP contribution in [0.2, 0.25) is 0 Å². The van der Waals surface area contributed by atoms with Crippen molar-refractivity contribution < 1.29 is 9.53 Å². The number of anilines is 1. The number of aryl methyl sites for hydroxylation is 1. The van der Waals surface area contributed by atoms with E-state index in [-0.39, 0.29) is 5.78 Å². The zero-order valence-corrected chi connectivity index (χ0v) is 27.2. The summed E-state index contributed by atoms with van der Waals surface area (Å²) in [6.07, 6.45) is 11.1. The molecule has 0 fully saturated rings. The Balaban J connectivity index is 0. The summed E-state index contributed by atoms with van der Waals surface area (Å²) in [5.74, 6) is 0.0457. The molecule has 2 rings (SSSR count). The van der Waals surface area contributed by atoms with E-state index in [0.29, 0.717) is 5.56 Å². The van der Waals surface area contributed by atoms with Crippen molar-refractivity contribution in [1.82, 2.24) is 4.98 Å². The number of para-hydroxylation sites is 1. The summed E-state index contributed by atoms with van der Waals surface area (Å²) in [6.45, 7) is 25.8. The molecule has 0 N–H and O–H groups in total. The number of pyridine rings is 1. The highest BCUT2D eigenvalue weighted by molar-refractivity contribution is 6.00. The molecule has 0 aliphatic rings. The molecule has 40 heavy (non-hydrogen) atoms. The summed E-state index contributed by atoms with van der Waals surface area (Å²) < 4.78 is 5.13. The van der Waals surface area contributed by atoms with Crippen molar-refractivity contribution in [2.24, 2.45) is 4.99 Å². The van der Waals surface area contributed by atoms with Crippen LogP contribution in [0, 0.1) is 6.92 Å². The van der Waals surface area contributed by atoms with Crippen LogP contribution in [-0.4, -0.2) is 36.7 Å². The Morgan fingerprint density at radius 1 is 1.02 bits per heavy atom. The van der Waals surface area contributed by atoms with Crippen LogP contribution < -0.4 is 4.90 Å².